The Kier molecular flexibility index (Phi) is 42.5. The van der Waals surface area contributed by atoms with Crippen LogP contribution in [0.3, 0.4) is 0 Å². The van der Waals surface area contributed by atoms with E-state index in [-0.39, 0.29) is 30.7 Å². The molecule has 2 N–H and O–H groups in total. The summed E-state index contributed by atoms with van der Waals surface area (Å²) in [5.74, 6) is 0.326. The summed E-state index contributed by atoms with van der Waals surface area (Å²) in [5.41, 5.74) is -0.249. The highest BCUT2D eigenvalue weighted by molar-refractivity contribution is 5.76. The molecule has 0 bridgehead atoms. The largest absolute Gasteiger partial charge is 0.463 e. The predicted octanol–water partition coefficient (Wildman–Crippen LogP) is 15.3. The van der Waals surface area contributed by atoms with Gasteiger partial charge >= 0.3 is 12.1 Å². The number of carbonyl (C=O) groups is 3. The lowest BCUT2D eigenvalue weighted by Gasteiger charge is -2.25. The maximum absolute atomic E-state index is 12.9. The van der Waals surface area contributed by atoms with E-state index in [0.29, 0.717) is 25.3 Å². The molecular weight excluding hydrogens is 749 g/mol. The second-order valence-corrected chi connectivity index (χ2v) is 19.1. The van der Waals surface area contributed by atoms with E-state index in [0.717, 1.165) is 70.8 Å². The fraction of sp³-hybridized carbons (Fsp3) is 0.942. The van der Waals surface area contributed by atoms with Gasteiger partial charge in [0, 0.05) is 26.0 Å². The number of nitrogens with one attached hydrogen (secondary N) is 2. The molecule has 0 saturated heterocycles. The van der Waals surface area contributed by atoms with Crippen LogP contribution >= 0.6 is 0 Å². The quantitative estimate of drug-likeness (QED) is 0.0467. The normalized spacial score (nSPS) is 12.2. The number of rotatable bonds is 46. The maximum Gasteiger partial charge on any atom is 0.407 e. The summed E-state index contributed by atoms with van der Waals surface area (Å²) in [7, 11) is 0. The fourth-order valence-electron chi connectivity index (χ4n) is 7.84. The number of amides is 2. The average molecular weight is 851 g/mol. The Morgan fingerprint density at radius 3 is 1.33 bits per heavy atom. The van der Waals surface area contributed by atoms with Crippen LogP contribution in [-0.4, -0.2) is 56.0 Å². The standard InChI is InChI=1S/C52H102N2O6/c1-7-9-11-13-15-17-19-21-23-25-27-29-31-33-35-40-49(55)54-48(46-59-51(57)53-43-38-42-52(5,6)60-44-37-39-47(3)4)45-58-50(56)41-36-34-32-30-28-26-24-22-20-18-16-14-12-10-8-2/h47-48H,7-46H2,1-6H3,(H,53,57)(H,54,55). The van der Waals surface area contributed by atoms with Crippen molar-refractivity contribution in [2.75, 3.05) is 26.4 Å². The van der Waals surface area contributed by atoms with Crippen molar-refractivity contribution >= 4 is 18.0 Å². The van der Waals surface area contributed by atoms with Crippen LogP contribution in [0.4, 0.5) is 4.79 Å². The van der Waals surface area contributed by atoms with Crippen LogP contribution in [0, 0.1) is 5.92 Å². The molecule has 2 amide bonds. The predicted molar refractivity (Wildman–Crippen MR) is 255 cm³/mol. The summed E-state index contributed by atoms with van der Waals surface area (Å²) in [6.45, 7) is 14.4. The van der Waals surface area contributed by atoms with Crippen LogP contribution in [0.5, 0.6) is 0 Å². The van der Waals surface area contributed by atoms with E-state index in [1.807, 2.05) is 0 Å². The number of carbonyl (C=O) groups excluding carboxylic acids is 3. The van der Waals surface area contributed by atoms with Gasteiger partial charge in [0.1, 0.15) is 13.2 Å². The number of hydrogen-bond acceptors (Lipinski definition) is 6. The molecule has 0 radical (unpaired) electrons. The van der Waals surface area contributed by atoms with Crippen LogP contribution in [0.15, 0.2) is 0 Å². The molecule has 60 heavy (non-hydrogen) atoms. The van der Waals surface area contributed by atoms with E-state index in [1.54, 1.807) is 0 Å². The lowest BCUT2D eigenvalue weighted by molar-refractivity contribution is -0.145. The van der Waals surface area contributed by atoms with Crippen molar-refractivity contribution in [3.05, 3.63) is 0 Å². The van der Waals surface area contributed by atoms with Crippen molar-refractivity contribution in [2.24, 2.45) is 5.92 Å². The lowest BCUT2D eigenvalue weighted by Crippen LogP contribution is -2.43. The molecule has 8 heteroatoms. The summed E-state index contributed by atoms with van der Waals surface area (Å²) < 4.78 is 17.2. The van der Waals surface area contributed by atoms with E-state index in [4.69, 9.17) is 14.2 Å². The highest BCUT2D eigenvalue weighted by Gasteiger charge is 2.20. The van der Waals surface area contributed by atoms with Gasteiger partial charge in [-0.1, -0.05) is 207 Å². The zero-order valence-corrected chi connectivity index (χ0v) is 40.9. The zero-order chi connectivity index (χ0) is 44.2. The Labute approximate surface area is 372 Å². The number of unbranched alkanes of at least 4 members (excludes halogenated alkanes) is 28. The van der Waals surface area contributed by atoms with Crippen LogP contribution in [0.25, 0.3) is 0 Å². The molecule has 0 rings (SSSR count). The van der Waals surface area contributed by atoms with Crippen molar-refractivity contribution in [1.82, 2.24) is 10.6 Å². The molecule has 0 aromatic rings. The van der Waals surface area contributed by atoms with Crippen molar-refractivity contribution in [3.8, 4) is 0 Å². The van der Waals surface area contributed by atoms with Gasteiger partial charge in [-0.3, -0.25) is 9.59 Å². The van der Waals surface area contributed by atoms with Gasteiger partial charge in [-0.2, -0.15) is 0 Å². The molecule has 0 aliphatic carbocycles. The van der Waals surface area contributed by atoms with Crippen LogP contribution in [-0.2, 0) is 23.8 Å². The minimum atomic E-state index is -0.581. The Hall–Kier alpha value is -1.83. The molecule has 0 fully saturated rings. The highest BCUT2D eigenvalue weighted by Crippen LogP contribution is 2.19. The molecule has 0 spiro atoms. The van der Waals surface area contributed by atoms with E-state index in [1.165, 1.54) is 154 Å². The Bertz CT molecular complexity index is 957. The van der Waals surface area contributed by atoms with E-state index in [2.05, 4.69) is 52.2 Å². The Morgan fingerprint density at radius 2 is 0.900 bits per heavy atom. The third kappa shape index (κ3) is 44.2. The second kappa shape index (κ2) is 43.8. The number of alkyl carbamates (subject to hydrolysis) is 1. The molecule has 1 unspecified atom stereocenters. The first kappa shape index (κ1) is 58.2. The smallest absolute Gasteiger partial charge is 0.407 e. The minimum absolute atomic E-state index is 0.00219. The lowest BCUT2D eigenvalue weighted by atomic mass is 10.0. The van der Waals surface area contributed by atoms with Crippen molar-refractivity contribution < 1.29 is 28.6 Å². The molecule has 1 atom stereocenters. The first-order chi connectivity index (χ1) is 29.1. The Balaban J connectivity index is 4.43. The summed E-state index contributed by atoms with van der Waals surface area (Å²) >= 11 is 0. The van der Waals surface area contributed by atoms with Crippen molar-refractivity contribution in [1.29, 1.82) is 0 Å². The summed E-state index contributed by atoms with van der Waals surface area (Å²) in [4.78, 5) is 38.1. The van der Waals surface area contributed by atoms with Crippen LogP contribution in [0.2, 0.25) is 0 Å². The van der Waals surface area contributed by atoms with Gasteiger partial charge in [0.15, 0.2) is 0 Å². The molecule has 0 heterocycles. The summed E-state index contributed by atoms with van der Waals surface area (Å²) in [6.07, 6.45) is 42.4. The third-order valence-corrected chi connectivity index (χ3v) is 11.9. The maximum atomic E-state index is 12.9. The van der Waals surface area contributed by atoms with Gasteiger partial charge in [0.25, 0.3) is 0 Å². The fourth-order valence-corrected chi connectivity index (χ4v) is 7.84. The molecule has 0 aliphatic heterocycles. The van der Waals surface area contributed by atoms with Crippen LogP contribution < -0.4 is 10.6 Å². The number of esters is 1. The summed E-state index contributed by atoms with van der Waals surface area (Å²) in [6, 6.07) is -0.581. The molecule has 356 valence electrons. The minimum Gasteiger partial charge on any atom is -0.463 e. The van der Waals surface area contributed by atoms with Crippen LogP contribution in [0.1, 0.15) is 273 Å². The topological polar surface area (TPSA) is 103 Å². The molecular formula is C52H102N2O6. The van der Waals surface area contributed by atoms with Gasteiger partial charge in [0.05, 0.1) is 11.6 Å². The Morgan fingerprint density at radius 1 is 0.500 bits per heavy atom. The van der Waals surface area contributed by atoms with Gasteiger partial charge in [-0.25, -0.2) is 4.79 Å². The molecule has 0 aliphatic rings. The third-order valence-electron chi connectivity index (χ3n) is 11.9. The SMILES string of the molecule is CCCCCCCCCCCCCCCCCC(=O)NC(COC(=O)CCCCCCCCCCCCCCCCC)COC(=O)NCCCC(C)(C)OCCCC(C)C. The molecule has 0 saturated carbocycles. The first-order valence-corrected chi connectivity index (χ1v) is 26.1. The monoisotopic (exact) mass is 851 g/mol. The molecule has 0 aromatic heterocycles. The van der Waals surface area contributed by atoms with Gasteiger partial charge in [-0.05, 0) is 58.3 Å². The van der Waals surface area contributed by atoms with E-state index in [9.17, 15) is 14.4 Å². The van der Waals surface area contributed by atoms with E-state index < -0.39 is 12.1 Å². The number of hydrogen-bond donors (Lipinski definition) is 2. The summed E-state index contributed by atoms with van der Waals surface area (Å²) in [5, 5.41) is 5.81. The molecule has 8 nitrogen and oxygen atoms in total. The van der Waals surface area contributed by atoms with Crippen molar-refractivity contribution in [3.63, 3.8) is 0 Å². The molecule has 0 aromatic carbocycles. The van der Waals surface area contributed by atoms with E-state index >= 15 is 0 Å². The van der Waals surface area contributed by atoms with Gasteiger partial charge in [-0.15, -0.1) is 0 Å². The highest BCUT2D eigenvalue weighted by atomic mass is 16.6. The van der Waals surface area contributed by atoms with Crippen molar-refractivity contribution in [2.45, 2.75) is 284 Å². The van der Waals surface area contributed by atoms with Gasteiger partial charge < -0.3 is 24.8 Å². The number of ether oxygens (including phenoxy) is 3. The van der Waals surface area contributed by atoms with Gasteiger partial charge in [0.2, 0.25) is 5.91 Å². The second-order valence-electron chi connectivity index (χ2n) is 19.1. The average Bonchev–Trinajstić information content (AvgIpc) is 3.22. The first-order valence-electron chi connectivity index (χ1n) is 26.1. The zero-order valence-electron chi connectivity index (χ0n) is 40.9.